The molecule has 4 heteroatoms. The highest BCUT2D eigenvalue weighted by molar-refractivity contribution is 9.10. The first-order chi connectivity index (χ1) is 10.1. The summed E-state index contributed by atoms with van der Waals surface area (Å²) in [5.74, 6) is 0.316. The number of hydrogen-bond acceptors (Lipinski definition) is 1. The van der Waals surface area contributed by atoms with Crippen LogP contribution in [0.25, 0.3) is 16.5 Å². The number of aromatic nitrogens is 1. The molecule has 0 spiro atoms. The molecule has 110 valence electrons. The molecule has 1 aliphatic heterocycles. The van der Waals surface area contributed by atoms with E-state index < -0.39 is 0 Å². The highest BCUT2D eigenvalue weighted by Gasteiger charge is 2.21. The average Bonchev–Trinajstić information content (AvgIpc) is 2.89. The lowest BCUT2D eigenvalue weighted by atomic mass is 9.98. The van der Waals surface area contributed by atoms with Crippen LogP contribution in [0.5, 0.6) is 0 Å². The molecule has 0 unspecified atom stereocenters. The molecule has 1 aromatic heterocycles. The summed E-state index contributed by atoms with van der Waals surface area (Å²) in [5.41, 5.74) is 3.73. The van der Waals surface area contributed by atoms with E-state index in [0.29, 0.717) is 6.54 Å². The molecule has 1 aromatic carbocycles. The van der Waals surface area contributed by atoms with Crippen molar-refractivity contribution in [3.8, 4) is 0 Å². The van der Waals surface area contributed by atoms with Crippen molar-refractivity contribution in [3.05, 3.63) is 40.5 Å². The van der Waals surface area contributed by atoms with E-state index in [1.54, 1.807) is 0 Å². The van der Waals surface area contributed by atoms with Crippen molar-refractivity contribution < 1.29 is 4.79 Å². The highest BCUT2D eigenvalue weighted by Crippen LogP contribution is 2.31. The Bertz CT molecular complexity index is 715. The van der Waals surface area contributed by atoms with Crippen LogP contribution in [0.3, 0.4) is 0 Å². The molecular formula is C17H19BrN2O. The van der Waals surface area contributed by atoms with Gasteiger partial charge in [0.1, 0.15) is 0 Å². The first-order valence-electron chi connectivity index (χ1n) is 7.31. The molecule has 0 saturated heterocycles. The lowest BCUT2D eigenvalue weighted by Crippen LogP contribution is -2.37. The molecule has 0 atom stereocenters. The summed E-state index contributed by atoms with van der Waals surface area (Å²) in [6.45, 7) is 5.44. The molecule has 3 rings (SSSR count). The molecule has 0 aliphatic carbocycles. The Morgan fingerprint density at radius 2 is 2.19 bits per heavy atom. The van der Waals surface area contributed by atoms with Gasteiger partial charge in [-0.05, 0) is 30.2 Å². The molecule has 1 N–H and O–H groups in total. The van der Waals surface area contributed by atoms with Gasteiger partial charge in [0.05, 0.1) is 0 Å². The van der Waals surface area contributed by atoms with E-state index in [1.807, 2.05) is 24.8 Å². The summed E-state index contributed by atoms with van der Waals surface area (Å²) in [5, 5.41) is 1.24. The van der Waals surface area contributed by atoms with Crippen LogP contribution in [0.1, 0.15) is 25.8 Å². The zero-order valence-electron chi connectivity index (χ0n) is 12.3. The molecule has 0 bridgehead atoms. The maximum Gasteiger partial charge on any atom is 0.225 e. The summed E-state index contributed by atoms with van der Waals surface area (Å²) < 4.78 is 1.09. The van der Waals surface area contributed by atoms with E-state index in [1.165, 1.54) is 16.5 Å². The third kappa shape index (κ3) is 2.77. The zero-order valence-corrected chi connectivity index (χ0v) is 13.9. The number of carbonyl (C=O) groups is 1. The van der Waals surface area contributed by atoms with E-state index in [-0.39, 0.29) is 11.8 Å². The average molecular weight is 347 g/mol. The van der Waals surface area contributed by atoms with Gasteiger partial charge in [0, 0.05) is 46.1 Å². The largest absolute Gasteiger partial charge is 0.361 e. The number of carbonyl (C=O) groups excluding carboxylic acids is 1. The highest BCUT2D eigenvalue weighted by atomic mass is 79.9. The molecule has 0 fully saturated rings. The smallest absolute Gasteiger partial charge is 0.225 e. The minimum Gasteiger partial charge on any atom is -0.361 e. The molecule has 2 heterocycles. The fraction of sp³-hybridized carbons (Fsp3) is 0.353. The fourth-order valence-corrected chi connectivity index (χ4v) is 3.20. The van der Waals surface area contributed by atoms with Crippen LogP contribution in [0, 0.1) is 5.92 Å². The van der Waals surface area contributed by atoms with Crippen LogP contribution in [-0.2, 0) is 4.79 Å². The Morgan fingerprint density at radius 3 is 2.86 bits per heavy atom. The van der Waals surface area contributed by atoms with Crippen molar-refractivity contribution in [1.82, 2.24) is 9.88 Å². The van der Waals surface area contributed by atoms with Crippen molar-refractivity contribution in [2.75, 3.05) is 13.1 Å². The van der Waals surface area contributed by atoms with Gasteiger partial charge >= 0.3 is 0 Å². The number of rotatable bonds is 2. The van der Waals surface area contributed by atoms with Crippen LogP contribution in [-0.4, -0.2) is 28.9 Å². The molecular weight excluding hydrogens is 328 g/mol. The zero-order chi connectivity index (χ0) is 15.0. The summed E-state index contributed by atoms with van der Waals surface area (Å²) in [7, 11) is 0. The molecule has 2 aromatic rings. The molecule has 1 aliphatic rings. The number of halogens is 1. The quantitative estimate of drug-likeness (QED) is 0.868. The normalized spacial score (nSPS) is 15.6. The molecule has 21 heavy (non-hydrogen) atoms. The maximum absolute atomic E-state index is 12.0. The van der Waals surface area contributed by atoms with Crippen molar-refractivity contribution in [2.24, 2.45) is 5.92 Å². The van der Waals surface area contributed by atoms with Gasteiger partial charge in [-0.2, -0.15) is 0 Å². The van der Waals surface area contributed by atoms with Crippen LogP contribution >= 0.6 is 15.9 Å². The Balaban J connectivity index is 1.88. The van der Waals surface area contributed by atoms with Crippen molar-refractivity contribution in [1.29, 1.82) is 0 Å². The van der Waals surface area contributed by atoms with Crippen LogP contribution in [0.4, 0.5) is 0 Å². The Hall–Kier alpha value is -1.55. The SMILES string of the molecule is CC(C)C(=O)N1CC=C(c2c[nH]c3ccc(Br)cc23)CC1. The molecule has 0 saturated carbocycles. The maximum atomic E-state index is 12.0. The summed E-state index contributed by atoms with van der Waals surface area (Å²) in [4.78, 5) is 17.3. The molecule has 3 nitrogen and oxygen atoms in total. The Morgan fingerprint density at radius 1 is 1.38 bits per heavy atom. The van der Waals surface area contributed by atoms with E-state index in [2.05, 4.69) is 45.3 Å². The monoisotopic (exact) mass is 346 g/mol. The third-order valence-corrected chi connectivity index (χ3v) is 4.50. The van der Waals surface area contributed by atoms with E-state index in [4.69, 9.17) is 0 Å². The third-order valence-electron chi connectivity index (χ3n) is 4.00. The van der Waals surface area contributed by atoms with Gasteiger partial charge in [-0.15, -0.1) is 0 Å². The summed E-state index contributed by atoms with van der Waals surface area (Å²) in [6, 6.07) is 6.27. The number of hydrogen-bond donors (Lipinski definition) is 1. The van der Waals surface area contributed by atoms with Gasteiger partial charge in [-0.25, -0.2) is 0 Å². The van der Waals surface area contributed by atoms with Gasteiger partial charge < -0.3 is 9.88 Å². The second-order valence-electron chi connectivity index (χ2n) is 5.81. The first kappa shape index (κ1) is 14.4. The van der Waals surface area contributed by atoms with E-state index in [9.17, 15) is 4.79 Å². The van der Waals surface area contributed by atoms with E-state index >= 15 is 0 Å². The van der Waals surface area contributed by atoms with Crippen molar-refractivity contribution in [3.63, 3.8) is 0 Å². The predicted octanol–water partition coefficient (Wildman–Crippen LogP) is 4.20. The van der Waals surface area contributed by atoms with Gasteiger partial charge in [0.15, 0.2) is 0 Å². The van der Waals surface area contributed by atoms with Crippen molar-refractivity contribution >= 4 is 38.3 Å². The first-order valence-corrected chi connectivity index (χ1v) is 8.10. The summed E-state index contributed by atoms with van der Waals surface area (Å²) >= 11 is 3.53. The van der Waals surface area contributed by atoms with Crippen LogP contribution in [0.2, 0.25) is 0 Å². The number of H-pyrrole nitrogens is 1. The van der Waals surface area contributed by atoms with Gasteiger partial charge in [-0.3, -0.25) is 4.79 Å². The molecule has 0 radical (unpaired) electrons. The van der Waals surface area contributed by atoms with Crippen molar-refractivity contribution in [2.45, 2.75) is 20.3 Å². The fourth-order valence-electron chi connectivity index (χ4n) is 2.84. The summed E-state index contributed by atoms with van der Waals surface area (Å²) in [6.07, 6.45) is 5.17. The van der Waals surface area contributed by atoms with Gasteiger partial charge in [0.2, 0.25) is 5.91 Å². The van der Waals surface area contributed by atoms with Gasteiger partial charge in [0.25, 0.3) is 0 Å². The standard InChI is InChI=1S/C17H19BrN2O/c1-11(2)17(21)20-7-5-12(6-8-20)15-10-19-16-4-3-13(18)9-14(15)16/h3-5,9-11,19H,6-8H2,1-2H3. The second-order valence-corrected chi connectivity index (χ2v) is 6.73. The number of benzene rings is 1. The second kappa shape index (κ2) is 5.68. The van der Waals surface area contributed by atoms with E-state index in [0.717, 1.165) is 23.0 Å². The van der Waals surface area contributed by atoms with Gasteiger partial charge in [-0.1, -0.05) is 35.9 Å². The minimum atomic E-state index is 0.0731. The van der Waals surface area contributed by atoms with Crippen LogP contribution < -0.4 is 0 Å². The number of aromatic amines is 1. The number of nitrogens with one attached hydrogen (secondary N) is 1. The topological polar surface area (TPSA) is 36.1 Å². The Kier molecular flexibility index (Phi) is 3.89. The van der Waals surface area contributed by atoms with Crippen LogP contribution in [0.15, 0.2) is 34.9 Å². The minimum absolute atomic E-state index is 0.0731. The number of fused-ring (bicyclic) bond motifs is 1. The number of amides is 1. The Labute approximate surface area is 133 Å². The number of nitrogens with zero attached hydrogens (tertiary/aromatic N) is 1. The predicted molar refractivity (Wildman–Crippen MR) is 90.0 cm³/mol. The lowest BCUT2D eigenvalue weighted by molar-refractivity contribution is -0.134. The molecule has 1 amide bonds. The lowest BCUT2D eigenvalue weighted by Gasteiger charge is -2.28.